The highest BCUT2D eigenvalue weighted by molar-refractivity contribution is 7.15. The van der Waals surface area contributed by atoms with Crippen LogP contribution in [0.1, 0.15) is 64.2 Å². The molecule has 2 aliphatic rings. The van der Waals surface area contributed by atoms with Crippen molar-refractivity contribution < 1.29 is 33.1 Å². The Hall–Kier alpha value is -7.36. The lowest BCUT2D eigenvalue weighted by Gasteiger charge is -2.31. The number of nitrogens with one attached hydrogen (secondary N) is 4. The van der Waals surface area contributed by atoms with E-state index in [1.807, 2.05) is 52.6 Å². The van der Waals surface area contributed by atoms with E-state index in [-0.39, 0.29) is 63.4 Å². The largest absolute Gasteiger partial charge is 0.468 e. The summed E-state index contributed by atoms with van der Waals surface area (Å²) in [6.45, 7) is 9.81. The number of rotatable bonds is 17. The molecule has 73 heavy (non-hydrogen) atoms. The maximum atomic E-state index is 15.9. The second kappa shape index (κ2) is 21.8. The Kier molecular flexibility index (Phi) is 15.1. The minimum Gasteiger partial charge on any atom is -0.468 e. The predicted molar refractivity (Wildman–Crippen MR) is 274 cm³/mol. The highest BCUT2D eigenvalue weighted by Gasteiger charge is 2.33. The Morgan fingerprint density at radius 1 is 0.822 bits per heavy atom. The summed E-state index contributed by atoms with van der Waals surface area (Å²) in [5, 5.41) is 31.8. The fraction of sp³-hybridized carbons (Fsp3) is 0.373. The molecule has 3 aromatic carbocycles. The number of benzene rings is 3. The Morgan fingerprint density at radius 2 is 1.55 bits per heavy atom. The van der Waals surface area contributed by atoms with E-state index in [1.165, 1.54) is 17.9 Å². The van der Waals surface area contributed by atoms with Gasteiger partial charge in [-0.05, 0) is 101 Å². The number of carbonyl (C=O) groups is 5. The Balaban J connectivity index is 0.763. The maximum Gasteiger partial charge on any atom is 0.325 e. The van der Waals surface area contributed by atoms with E-state index >= 15 is 4.39 Å². The number of esters is 1. The van der Waals surface area contributed by atoms with Crippen molar-refractivity contribution in [2.24, 2.45) is 10.9 Å². The Labute approximate surface area is 428 Å². The van der Waals surface area contributed by atoms with Gasteiger partial charge in [-0.15, -0.1) is 21.5 Å². The summed E-state index contributed by atoms with van der Waals surface area (Å²) in [6.07, 6.45) is 3.38. The monoisotopic (exact) mass is 1030 g/mol. The van der Waals surface area contributed by atoms with Crippen molar-refractivity contribution >= 4 is 80.1 Å². The van der Waals surface area contributed by atoms with Crippen LogP contribution in [0.25, 0.3) is 37.9 Å². The van der Waals surface area contributed by atoms with Crippen molar-refractivity contribution in [2.45, 2.75) is 66.1 Å². The highest BCUT2D eigenvalue weighted by Crippen LogP contribution is 2.40. The summed E-state index contributed by atoms with van der Waals surface area (Å²) < 4.78 is 25.9. The molecule has 19 nitrogen and oxygen atoms in total. The second-order valence-electron chi connectivity index (χ2n) is 18.3. The topological polar surface area (TPSA) is 225 Å². The van der Waals surface area contributed by atoms with Crippen LogP contribution in [-0.4, -0.2) is 127 Å². The maximum absolute atomic E-state index is 15.9. The number of likely N-dealkylation sites (tertiary alicyclic amines) is 1. The van der Waals surface area contributed by atoms with E-state index in [9.17, 15) is 24.0 Å². The lowest BCUT2D eigenvalue weighted by atomic mass is 9.96. The SMILES string of the molecule is COC(=O)CNC(=O)CNC(=O)Cn1nc(C)c2c(-c3cc4c(cnn4CC4CCN(CC(=O)NCCNC(=O)C[C@@H]5N=C(c6ccc(Cl)cc6)c6c(sc(C)c6C)-n6c(C)nnc65)CC4)cc3F)cccc21. The summed E-state index contributed by atoms with van der Waals surface area (Å²) in [5.74, 6) is -0.828. The molecule has 7 aromatic rings. The van der Waals surface area contributed by atoms with Crippen LogP contribution >= 0.6 is 22.9 Å². The number of ether oxygens (including phenoxy) is 1. The zero-order valence-corrected chi connectivity index (χ0v) is 42.6. The lowest BCUT2D eigenvalue weighted by molar-refractivity contribution is -0.141. The van der Waals surface area contributed by atoms with E-state index in [1.54, 1.807) is 36.6 Å². The van der Waals surface area contributed by atoms with Gasteiger partial charge in [0, 0.05) is 57.0 Å². The molecule has 9 rings (SSSR count). The summed E-state index contributed by atoms with van der Waals surface area (Å²) in [6, 6.07) is 15.6. The van der Waals surface area contributed by atoms with Crippen molar-refractivity contribution in [2.75, 3.05) is 52.9 Å². The first-order valence-corrected chi connectivity index (χ1v) is 25.2. The van der Waals surface area contributed by atoms with Gasteiger partial charge in [0.25, 0.3) is 0 Å². The molecule has 4 amide bonds. The molecule has 4 N–H and O–H groups in total. The fourth-order valence-corrected chi connectivity index (χ4v) is 10.8. The van der Waals surface area contributed by atoms with Crippen LogP contribution in [0.15, 0.2) is 65.8 Å². The van der Waals surface area contributed by atoms with Gasteiger partial charge in [0.15, 0.2) is 5.82 Å². The highest BCUT2D eigenvalue weighted by atomic mass is 35.5. The molecule has 1 fully saturated rings. The third-order valence-corrected chi connectivity index (χ3v) is 14.8. The number of aryl methyl sites for hydroxylation is 3. The molecule has 22 heteroatoms. The van der Waals surface area contributed by atoms with Crippen molar-refractivity contribution in [3.8, 4) is 16.1 Å². The molecular formula is C51H55ClFN13O6S. The zero-order valence-electron chi connectivity index (χ0n) is 41.1. The van der Waals surface area contributed by atoms with Gasteiger partial charge < -0.3 is 26.0 Å². The number of hydrogen-bond donors (Lipinski definition) is 4. The third-order valence-electron chi connectivity index (χ3n) is 13.4. The number of hydrogen-bond acceptors (Lipinski definition) is 13. The summed E-state index contributed by atoms with van der Waals surface area (Å²) >= 11 is 7.90. The molecule has 1 atom stereocenters. The molecule has 380 valence electrons. The molecule has 6 heterocycles. The number of halogens is 2. The number of thiophene rings is 1. The molecule has 0 aliphatic carbocycles. The molecule has 0 bridgehead atoms. The van der Waals surface area contributed by atoms with E-state index in [0.717, 1.165) is 63.7 Å². The van der Waals surface area contributed by atoms with Crippen molar-refractivity contribution in [3.63, 3.8) is 0 Å². The van der Waals surface area contributed by atoms with E-state index in [4.69, 9.17) is 16.6 Å². The minimum atomic E-state index is -0.611. The first-order valence-electron chi connectivity index (χ1n) is 24.0. The summed E-state index contributed by atoms with van der Waals surface area (Å²) in [7, 11) is 1.21. The molecule has 0 radical (unpaired) electrons. The standard InChI is InChI=1S/C51H55ClFN13O6S/c1-28-30(3)73-51-47(28)49(33-9-11-35(52)12-10-33)59-39(50-61-60-31(4)66(50)51)21-42(67)54-15-16-55-44(69)26-63-17-13-32(14-18-63)25-64-41-20-37(38(53)19-34(41)22-58-64)36-7-6-8-40-48(36)29(2)62-65(40)27-45(70)56-23-43(68)57-24-46(71)72-5/h6-12,19-20,22,32,39H,13-18,21,23-27H2,1-5H3,(H,54,67)(H,55,69)(H,56,70)(H,57,68)/t39-/m0/s1. The molecule has 0 spiro atoms. The Morgan fingerprint density at radius 3 is 2.30 bits per heavy atom. The van der Waals surface area contributed by atoms with Crippen LogP contribution < -0.4 is 21.3 Å². The lowest BCUT2D eigenvalue weighted by Crippen LogP contribution is -2.43. The van der Waals surface area contributed by atoms with Gasteiger partial charge in [-0.3, -0.25) is 47.8 Å². The number of fused-ring (bicyclic) bond motifs is 5. The molecule has 1 saturated heterocycles. The average Bonchev–Trinajstić information content (AvgIpc) is 4.10. The van der Waals surface area contributed by atoms with E-state index < -0.39 is 29.6 Å². The van der Waals surface area contributed by atoms with Crippen molar-refractivity contribution in [1.82, 2.24) is 60.5 Å². The first kappa shape index (κ1) is 50.6. The number of aliphatic imine (C=N–C) groups is 1. The molecule has 0 unspecified atom stereocenters. The van der Waals surface area contributed by atoms with Gasteiger partial charge >= 0.3 is 5.97 Å². The van der Waals surface area contributed by atoms with Gasteiger partial charge in [0.2, 0.25) is 23.6 Å². The minimum absolute atomic E-state index is 0.0398. The van der Waals surface area contributed by atoms with Crippen LogP contribution in [0.4, 0.5) is 4.39 Å². The van der Waals surface area contributed by atoms with Gasteiger partial charge in [-0.2, -0.15) is 10.2 Å². The average molecular weight is 1030 g/mol. The van der Waals surface area contributed by atoms with Crippen LogP contribution in [0.5, 0.6) is 0 Å². The normalized spacial score (nSPS) is 14.8. The van der Waals surface area contributed by atoms with Gasteiger partial charge in [0.05, 0.1) is 55.3 Å². The zero-order chi connectivity index (χ0) is 51.5. The van der Waals surface area contributed by atoms with Crippen LogP contribution in [-0.2, 0) is 41.8 Å². The summed E-state index contributed by atoms with van der Waals surface area (Å²) in [4.78, 5) is 71.2. The predicted octanol–water partition coefficient (Wildman–Crippen LogP) is 5.05. The van der Waals surface area contributed by atoms with E-state index in [0.29, 0.717) is 56.3 Å². The quantitative estimate of drug-likeness (QED) is 0.0698. The van der Waals surface area contributed by atoms with Crippen molar-refractivity contribution in [3.05, 3.63) is 111 Å². The van der Waals surface area contributed by atoms with Crippen LogP contribution in [0.2, 0.25) is 5.02 Å². The number of piperidine rings is 1. The van der Waals surface area contributed by atoms with Gasteiger partial charge in [-0.25, -0.2) is 4.39 Å². The number of carbonyl (C=O) groups excluding carboxylic acids is 5. The number of aromatic nitrogens is 7. The molecule has 4 aromatic heterocycles. The molecule has 2 aliphatic heterocycles. The smallest absolute Gasteiger partial charge is 0.325 e. The van der Waals surface area contributed by atoms with Crippen LogP contribution in [0, 0.1) is 39.4 Å². The second-order valence-corrected chi connectivity index (χ2v) is 20.0. The first-order chi connectivity index (χ1) is 35.1. The Bertz CT molecular complexity index is 3300. The van der Waals surface area contributed by atoms with Gasteiger partial charge in [0.1, 0.15) is 35.8 Å². The molecule has 0 saturated carbocycles. The molecular weight excluding hydrogens is 977 g/mol. The summed E-state index contributed by atoms with van der Waals surface area (Å²) in [5.41, 5.74) is 6.73. The third kappa shape index (κ3) is 11.0. The van der Waals surface area contributed by atoms with E-state index in [2.05, 4.69) is 65.1 Å². The van der Waals surface area contributed by atoms with Gasteiger partial charge in [-0.1, -0.05) is 35.9 Å². The fourth-order valence-electron chi connectivity index (χ4n) is 9.51. The number of methoxy groups -OCH3 is 1. The number of nitrogens with zero attached hydrogens (tertiary/aromatic N) is 9. The van der Waals surface area contributed by atoms with Crippen LogP contribution in [0.3, 0.4) is 0 Å². The number of amides is 4. The van der Waals surface area contributed by atoms with Crippen molar-refractivity contribution in [1.29, 1.82) is 0 Å².